The summed E-state index contributed by atoms with van der Waals surface area (Å²) >= 11 is 3.41. The summed E-state index contributed by atoms with van der Waals surface area (Å²) in [5.41, 5.74) is 1.15. The van der Waals surface area contributed by atoms with Gasteiger partial charge in [0.1, 0.15) is 5.82 Å². The number of terminal acetylenes is 1. The van der Waals surface area contributed by atoms with Gasteiger partial charge in [0.2, 0.25) is 0 Å². The summed E-state index contributed by atoms with van der Waals surface area (Å²) < 4.78 is 1.01. The lowest BCUT2D eigenvalue weighted by atomic mass is 10.2. The van der Waals surface area contributed by atoms with Gasteiger partial charge in [-0.2, -0.15) is 0 Å². The molecule has 3 heteroatoms. The van der Waals surface area contributed by atoms with Gasteiger partial charge in [-0.05, 0) is 40.9 Å². The molecule has 0 saturated heterocycles. The molecule has 0 aliphatic rings. The molecular weight excluding hydrogens is 252 g/mol. The average Bonchev–Trinajstić information content (AvgIpc) is 2.23. The lowest BCUT2D eigenvalue weighted by molar-refractivity contribution is 0.752. The van der Waals surface area contributed by atoms with Gasteiger partial charge in [0.05, 0.1) is 6.04 Å². The Hall–Kier alpha value is -1.01. The Morgan fingerprint density at radius 1 is 1.67 bits per heavy atom. The van der Waals surface area contributed by atoms with Crippen LogP contribution in [0.15, 0.2) is 16.7 Å². The monoisotopic (exact) mass is 266 g/mol. The summed E-state index contributed by atoms with van der Waals surface area (Å²) in [7, 11) is 0. The van der Waals surface area contributed by atoms with Crippen molar-refractivity contribution in [1.29, 1.82) is 0 Å². The molecule has 15 heavy (non-hydrogen) atoms. The van der Waals surface area contributed by atoms with Crippen LogP contribution in [0.2, 0.25) is 0 Å². The standard InChI is InChI=1S/C12H15BrN2/c1-4-6-10(5-2)15-12-7-9(3)11(13)8-14-12/h2,7-8,10H,4,6H2,1,3H3,(H,14,15). The van der Waals surface area contributed by atoms with Crippen molar-refractivity contribution in [3.05, 3.63) is 22.3 Å². The van der Waals surface area contributed by atoms with Gasteiger partial charge in [-0.25, -0.2) is 4.98 Å². The first-order valence-corrected chi connectivity index (χ1v) is 5.81. The summed E-state index contributed by atoms with van der Waals surface area (Å²) in [5, 5.41) is 3.23. The molecule has 0 aliphatic carbocycles. The van der Waals surface area contributed by atoms with Crippen molar-refractivity contribution in [2.24, 2.45) is 0 Å². The molecule has 0 amide bonds. The van der Waals surface area contributed by atoms with Crippen molar-refractivity contribution < 1.29 is 0 Å². The number of hydrogen-bond donors (Lipinski definition) is 1. The number of anilines is 1. The summed E-state index contributed by atoms with van der Waals surface area (Å²) in [6.45, 7) is 4.15. The Morgan fingerprint density at radius 3 is 2.93 bits per heavy atom. The van der Waals surface area contributed by atoms with E-state index in [1.165, 1.54) is 0 Å². The molecule has 0 aliphatic heterocycles. The maximum Gasteiger partial charge on any atom is 0.127 e. The average molecular weight is 267 g/mol. The van der Waals surface area contributed by atoms with E-state index in [1.54, 1.807) is 6.20 Å². The molecule has 1 heterocycles. The van der Waals surface area contributed by atoms with E-state index in [2.05, 4.69) is 39.1 Å². The van der Waals surface area contributed by atoms with Gasteiger partial charge in [0, 0.05) is 10.7 Å². The molecule has 2 nitrogen and oxygen atoms in total. The number of nitrogens with zero attached hydrogens (tertiary/aromatic N) is 1. The molecule has 1 atom stereocenters. The van der Waals surface area contributed by atoms with Crippen LogP contribution in [-0.4, -0.2) is 11.0 Å². The second-order valence-electron chi connectivity index (χ2n) is 3.47. The lowest BCUT2D eigenvalue weighted by Gasteiger charge is -2.13. The summed E-state index contributed by atoms with van der Waals surface area (Å²) in [6, 6.07) is 2.06. The van der Waals surface area contributed by atoms with E-state index in [-0.39, 0.29) is 6.04 Å². The van der Waals surface area contributed by atoms with Crippen molar-refractivity contribution in [1.82, 2.24) is 4.98 Å². The molecule has 80 valence electrons. The molecule has 1 aromatic rings. The Balaban J connectivity index is 2.72. The molecule has 1 unspecified atom stereocenters. The third-order valence-corrected chi connectivity index (χ3v) is 2.98. The van der Waals surface area contributed by atoms with Gasteiger partial charge >= 0.3 is 0 Å². The maximum absolute atomic E-state index is 5.43. The fourth-order valence-corrected chi connectivity index (χ4v) is 1.50. The van der Waals surface area contributed by atoms with Crippen LogP contribution in [0.4, 0.5) is 5.82 Å². The van der Waals surface area contributed by atoms with Crippen LogP contribution in [0.5, 0.6) is 0 Å². The van der Waals surface area contributed by atoms with Gasteiger partial charge in [0.25, 0.3) is 0 Å². The van der Waals surface area contributed by atoms with Crippen LogP contribution in [0.25, 0.3) is 0 Å². The third kappa shape index (κ3) is 3.56. The van der Waals surface area contributed by atoms with Crippen LogP contribution in [0, 0.1) is 19.3 Å². The molecule has 1 rings (SSSR count). The number of aryl methyl sites for hydroxylation is 1. The Bertz CT molecular complexity index is 368. The van der Waals surface area contributed by atoms with Crippen molar-refractivity contribution in [2.45, 2.75) is 32.7 Å². The van der Waals surface area contributed by atoms with Gasteiger partial charge in [-0.1, -0.05) is 19.3 Å². The molecule has 0 aromatic carbocycles. The zero-order chi connectivity index (χ0) is 11.3. The van der Waals surface area contributed by atoms with Crippen molar-refractivity contribution in [3.63, 3.8) is 0 Å². The zero-order valence-corrected chi connectivity index (χ0v) is 10.6. The van der Waals surface area contributed by atoms with E-state index in [1.807, 2.05) is 13.0 Å². The number of rotatable bonds is 4. The first-order chi connectivity index (χ1) is 7.17. The van der Waals surface area contributed by atoms with Crippen LogP contribution in [-0.2, 0) is 0 Å². The minimum Gasteiger partial charge on any atom is -0.356 e. The van der Waals surface area contributed by atoms with E-state index in [0.29, 0.717) is 0 Å². The van der Waals surface area contributed by atoms with E-state index in [9.17, 15) is 0 Å². The van der Waals surface area contributed by atoms with E-state index < -0.39 is 0 Å². The number of halogens is 1. The largest absolute Gasteiger partial charge is 0.356 e. The molecule has 0 fully saturated rings. The number of pyridine rings is 1. The van der Waals surface area contributed by atoms with Crippen LogP contribution < -0.4 is 5.32 Å². The van der Waals surface area contributed by atoms with Gasteiger partial charge in [0.15, 0.2) is 0 Å². The number of hydrogen-bond acceptors (Lipinski definition) is 2. The van der Waals surface area contributed by atoms with Crippen LogP contribution in [0.1, 0.15) is 25.3 Å². The van der Waals surface area contributed by atoms with Crippen molar-refractivity contribution in [2.75, 3.05) is 5.32 Å². The smallest absolute Gasteiger partial charge is 0.127 e. The highest BCUT2D eigenvalue weighted by molar-refractivity contribution is 9.10. The predicted molar refractivity (Wildman–Crippen MR) is 67.8 cm³/mol. The topological polar surface area (TPSA) is 24.9 Å². The highest BCUT2D eigenvalue weighted by atomic mass is 79.9. The lowest BCUT2D eigenvalue weighted by Crippen LogP contribution is -2.17. The molecule has 0 saturated carbocycles. The Kier molecular flexibility index (Phi) is 4.64. The normalized spacial score (nSPS) is 11.9. The zero-order valence-electron chi connectivity index (χ0n) is 9.05. The molecular formula is C12H15BrN2. The Labute approximate surface area is 99.6 Å². The maximum atomic E-state index is 5.43. The van der Waals surface area contributed by atoms with Gasteiger partial charge < -0.3 is 5.32 Å². The molecule has 0 bridgehead atoms. The second-order valence-corrected chi connectivity index (χ2v) is 4.33. The summed E-state index contributed by atoms with van der Waals surface area (Å²) in [5.74, 6) is 3.56. The summed E-state index contributed by atoms with van der Waals surface area (Å²) in [4.78, 5) is 4.26. The quantitative estimate of drug-likeness (QED) is 0.846. The van der Waals surface area contributed by atoms with Gasteiger partial charge in [-0.3, -0.25) is 0 Å². The first-order valence-electron chi connectivity index (χ1n) is 5.02. The molecule has 1 N–H and O–H groups in total. The van der Waals surface area contributed by atoms with Crippen LogP contribution >= 0.6 is 15.9 Å². The second kappa shape index (κ2) is 5.77. The highest BCUT2D eigenvalue weighted by Gasteiger charge is 2.05. The number of nitrogens with one attached hydrogen (secondary N) is 1. The van der Waals surface area contributed by atoms with E-state index in [0.717, 1.165) is 28.7 Å². The summed E-state index contributed by atoms with van der Waals surface area (Å²) in [6.07, 6.45) is 9.25. The molecule has 0 radical (unpaired) electrons. The third-order valence-electron chi connectivity index (χ3n) is 2.15. The van der Waals surface area contributed by atoms with E-state index in [4.69, 9.17) is 6.42 Å². The fourth-order valence-electron chi connectivity index (χ4n) is 1.28. The van der Waals surface area contributed by atoms with E-state index >= 15 is 0 Å². The minimum atomic E-state index is 0.0723. The van der Waals surface area contributed by atoms with Gasteiger partial charge in [-0.15, -0.1) is 6.42 Å². The SMILES string of the molecule is C#CC(CCC)Nc1cc(C)c(Br)cn1. The number of aromatic nitrogens is 1. The highest BCUT2D eigenvalue weighted by Crippen LogP contribution is 2.18. The van der Waals surface area contributed by atoms with Crippen LogP contribution in [0.3, 0.4) is 0 Å². The molecule has 0 spiro atoms. The van der Waals surface area contributed by atoms with Crippen molar-refractivity contribution >= 4 is 21.7 Å². The minimum absolute atomic E-state index is 0.0723. The Morgan fingerprint density at radius 2 is 2.40 bits per heavy atom. The predicted octanol–water partition coefficient (Wildman–Crippen LogP) is 3.37. The van der Waals surface area contributed by atoms with Crippen molar-refractivity contribution in [3.8, 4) is 12.3 Å². The molecule has 1 aromatic heterocycles. The fraction of sp³-hybridized carbons (Fsp3) is 0.417. The first kappa shape index (κ1) is 12.1.